The molecule has 1 aromatic rings. The summed E-state index contributed by atoms with van der Waals surface area (Å²) < 4.78 is 0. The molecule has 2 rings (SSSR count). The minimum absolute atomic E-state index is 0.962. The van der Waals surface area contributed by atoms with Crippen LogP contribution < -0.4 is 0 Å². The van der Waals surface area contributed by atoms with E-state index < -0.39 is 0 Å². The lowest BCUT2D eigenvalue weighted by molar-refractivity contribution is 0.827. The number of aromatic nitrogens is 1. The lowest BCUT2D eigenvalue weighted by Gasteiger charge is -1.94. The second-order valence-electron chi connectivity index (χ2n) is 2.94. The van der Waals surface area contributed by atoms with Crippen LogP contribution in [0.15, 0.2) is 18.3 Å². The summed E-state index contributed by atoms with van der Waals surface area (Å²) in [4.78, 5) is 3.94. The molecule has 1 aliphatic carbocycles. The molecule has 0 aliphatic heterocycles. The molecule has 10 heavy (non-hydrogen) atoms. The fourth-order valence-corrected chi connectivity index (χ4v) is 1.13. The molecule has 0 amide bonds. The molecule has 0 N–H and O–H groups in total. The van der Waals surface area contributed by atoms with Gasteiger partial charge in [0, 0.05) is 6.20 Å². The smallest absolute Gasteiger partial charge is 0.0886 e. The lowest BCUT2D eigenvalue weighted by atomic mass is 10.1. The van der Waals surface area contributed by atoms with Crippen molar-refractivity contribution >= 4 is 0 Å². The molecule has 1 nitrogen and oxygen atoms in total. The Kier molecular flexibility index (Phi) is 1.42. The molecule has 1 aliphatic rings. The van der Waals surface area contributed by atoms with Gasteiger partial charge in [0.05, 0.1) is 6.20 Å². The van der Waals surface area contributed by atoms with Crippen LogP contribution in [0.5, 0.6) is 0 Å². The fourth-order valence-electron chi connectivity index (χ4n) is 1.13. The maximum Gasteiger partial charge on any atom is 0.0886 e. The van der Waals surface area contributed by atoms with Crippen LogP contribution in [0.3, 0.4) is 0 Å². The molecule has 1 radical (unpaired) electrons. The Morgan fingerprint density at radius 3 is 3.10 bits per heavy atom. The Balaban J connectivity index is 2.03. The van der Waals surface area contributed by atoms with Crippen molar-refractivity contribution in [3.8, 4) is 0 Å². The minimum Gasteiger partial charge on any atom is -0.254 e. The molecule has 0 bridgehead atoms. The summed E-state index contributed by atoms with van der Waals surface area (Å²) in [6.07, 6.45) is 8.75. The van der Waals surface area contributed by atoms with Crippen molar-refractivity contribution in [3.05, 3.63) is 30.1 Å². The van der Waals surface area contributed by atoms with Crippen LogP contribution in [-0.2, 0) is 6.42 Å². The zero-order valence-corrected chi connectivity index (χ0v) is 5.88. The third-order valence-corrected chi connectivity index (χ3v) is 1.90. The first-order valence-corrected chi connectivity index (χ1v) is 3.76. The standard InChI is InChI=1S/C9H10N/c1-2-9(7-10-5-1)6-8-3-4-8/h1-2,7-8H,3-4,6H2. The van der Waals surface area contributed by atoms with Crippen molar-refractivity contribution in [3.63, 3.8) is 0 Å². The summed E-state index contributed by atoms with van der Waals surface area (Å²) in [5, 5.41) is 0. The first-order chi connectivity index (χ1) is 4.95. The molecule has 0 aromatic carbocycles. The molecule has 0 unspecified atom stereocenters. The average molecular weight is 132 g/mol. The van der Waals surface area contributed by atoms with Crippen molar-refractivity contribution in [2.75, 3.05) is 0 Å². The third-order valence-electron chi connectivity index (χ3n) is 1.90. The lowest BCUT2D eigenvalue weighted by Crippen LogP contribution is -1.86. The third kappa shape index (κ3) is 1.35. The summed E-state index contributed by atoms with van der Waals surface area (Å²) in [6, 6.07) is 3.99. The van der Waals surface area contributed by atoms with Crippen LogP contribution in [-0.4, -0.2) is 4.98 Å². The zero-order valence-electron chi connectivity index (χ0n) is 5.88. The van der Waals surface area contributed by atoms with Crippen LogP contribution in [0.1, 0.15) is 18.4 Å². The summed E-state index contributed by atoms with van der Waals surface area (Å²) in [6.45, 7) is 0. The number of rotatable bonds is 2. The van der Waals surface area contributed by atoms with E-state index in [0.717, 1.165) is 5.92 Å². The van der Waals surface area contributed by atoms with Gasteiger partial charge in [0.1, 0.15) is 0 Å². The number of pyridine rings is 1. The van der Waals surface area contributed by atoms with Gasteiger partial charge in [0.2, 0.25) is 0 Å². The highest BCUT2D eigenvalue weighted by molar-refractivity contribution is 5.09. The van der Waals surface area contributed by atoms with Crippen LogP contribution in [0.2, 0.25) is 0 Å². The Bertz CT molecular complexity index is 201. The van der Waals surface area contributed by atoms with E-state index >= 15 is 0 Å². The van der Waals surface area contributed by atoms with E-state index in [1.165, 1.54) is 24.8 Å². The van der Waals surface area contributed by atoms with Crippen molar-refractivity contribution in [2.45, 2.75) is 19.3 Å². The Morgan fingerprint density at radius 2 is 2.50 bits per heavy atom. The van der Waals surface area contributed by atoms with Crippen LogP contribution in [0.25, 0.3) is 0 Å². The van der Waals surface area contributed by atoms with E-state index in [1.807, 2.05) is 12.3 Å². The fraction of sp³-hybridized carbons (Fsp3) is 0.444. The predicted molar refractivity (Wildman–Crippen MR) is 39.5 cm³/mol. The van der Waals surface area contributed by atoms with Crippen LogP contribution >= 0.6 is 0 Å². The average Bonchev–Trinajstić information content (AvgIpc) is 2.74. The normalized spacial score (nSPS) is 17.2. The number of nitrogens with zero attached hydrogens (tertiary/aromatic N) is 1. The Morgan fingerprint density at radius 1 is 1.60 bits per heavy atom. The van der Waals surface area contributed by atoms with Crippen molar-refractivity contribution < 1.29 is 0 Å². The van der Waals surface area contributed by atoms with E-state index in [2.05, 4.69) is 17.2 Å². The zero-order chi connectivity index (χ0) is 6.81. The Labute approximate surface area is 61.1 Å². The highest BCUT2D eigenvalue weighted by atomic mass is 14.6. The summed E-state index contributed by atoms with van der Waals surface area (Å²) in [5.41, 5.74) is 1.36. The van der Waals surface area contributed by atoms with Gasteiger partial charge in [-0.15, -0.1) is 0 Å². The molecule has 0 spiro atoms. The van der Waals surface area contributed by atoms with Crippen molar-refractivity contribution in [1.82, 2.24) is 4.98 Å². The first kappa shape index (κ1) is 5.90. The molecule has 0 saturated heterocycles. The molecule has 1 saturated carbocycles. The molecule has 1 fully saturated rings. The molecular weight excluding hydrogens is 122 g/mol. The second kappa shape index (κ2) is 2.41. The van der Waals surface area contributed by atoms with E-state index in [1.54, 1.807) is 0 Å². The first-order valence-electron chi connectivity index (χ1n) is 3.76. The highest BCUT2D eigenvalue weighted by Crippen LogP contribution is 2.32. The quantitative estimate of drug-likeness (QED) is 0.598. The predicted octanol–water partition coefficient (Wildman–Crippen LogP) is 1.83. The monoisotopic (exact) mass is 132 g/mol. The Hall–Kier alpha value is -0.850. The molecule has 1 aromatic heterocycles. The maximum absolute atomic E-state index is 3.94. The van der Waals surface area contributed by atoms with E-state index in [0.29, 0.717) is 0 Å². The number of hydrogen-bond acceptors (Lipinski definition) is 1. The van der Waals surface area contributed by atoms with E-state index in [-0.39, 0.29) is 0 Å². The molecular formula is C9H10N. The maximum atomic E-state index is 3.94. The van der Waals surface area contributed by atoms with Gasteiger partial charge in [-0.3, -0.25) is 4.98 Å². The van der Waals surface area contributed by atoms with Crippen LogP contribution in [0, 0.1) is 12.1 Å². The van der Waals surface area contributed by atoms with Gasteiger partial charge in [-0.1, -0.05) is 6.07 Å². The molecule has 1 heteroatoms. The molecule has 1 heterocycles. The molecule has 51 valence electrons. The summed E-state index contributed by atoms with van der Waals surface area (Å²) >= 11 is 0. The van der Waals surface area contributed by atoms with Gasteiger partial charge in [-0.2, -0.15) is 0 Å². The van der Waals surface area contributed by atoms with Gasteiger partial charge < -0.3 is 0 Å². The SMILES string of the molecule is [c]1ccc(CC2CC2)cn1. The summed E-state index contributed by atoms with van der Waals surface area (Å²) in [7, 11) is 0. The summed E-state index contributed by atoms with van der Waals surface area (Å²) in [5.74, 6) is 0.962. The molecule has 0 atom stereocenters. The van der Waals surface area contributed by atoms with Crippen molar-refractivity contribution in [1.29, 1.82) is 0 Å². The van der Waals surface area contributed by atoms with Crippen molar-refractivity contribution in [2.24, 2.45) is 5.92 Å². The van der Waals surface area contributed by atoms with E-state index in [4.69, 9.17) is 0 Å². The van der Waals surface area contributed by atoms with Gasteiger partial charge in [-0.05, 0) is 36.8 Å². The number of hydrogen-bond donors (Lipinski definition) is 0. The van der Waals surface area contributed by atoms with Crippen LogP contribution in [0.4, 0.5) is 0 Å². The largest absolute Gasteiger partial charge is 0.254 e. The highest BCUT2D eigenvalue weighted by Gasteiger charge is 2.20. The second-order valence-corrected chi connectivity index (χ2v) is 2.94. The topological polar surface area (TPSA) is 12.9 Å². The van der Waals surface area contributed by atoms with Gasteiger partial charge in [-0.25, -0.2) is 0 Å². The van der Waals surface area contributed by atoms with E-state index in [9.17, 15) is 0 Å². The van der Waals surface area contributed by atoms with Gasteiger partial charge in [0.15, 0.2) is 0 Å². The minimum atomic E-state index is 0.962. The van der Waals surface area contributed by atoms with Gasteiger partial charge in [0.25, 0.3) is 0 Å². The van der Waals surface area contributed by atoms with Gasteiger partial charge >= 0.3 is 0 Å².